The fourth-order valence-electron chi connectivity index (χ4n) is 3.79. The van der Waals surface area contributed by atoms with Gasteiger partial charge in [-0.25, -0.2) is 9.37 Å². The Morgan fingerprint density at radius 3 is 2.66 bits per heavy atom. The minimum Gasteiger partial charge on any atom is -0.426 e. The number of halogens is 2. The molecule has 0 fully saturated rings. The van der Waals surface area contributed by atoms with Crippen molar-refractivity contribution in [3.63, 3.8) is 0 Å². The molecule has 0 bridgehead atoms. The normalized spacial score (nSPS) is 18.0. The Labute approximate surface area is 207 Å². The van der Waals surface area contributed by atoms with Gasteiger partial charge in [0.25, 0.3) is 11.8 Å². The van der Waals surface area contributed by atoms with E-state index in [1.54, 1.807) is 0 Å². The van der Waals surface area contributed by atoms with Gasteiger partial charge >= 0.3 is 7.12 Å². The van der Waals surface area contributed by atoms with Crippen LogP contribution >= 0.6 is 11.6 Å². The molecule has 0 spiro atoms. The predicted octanol–water partition coefficient (Wildman–Crippen LogP) is 1.90. The molecule has 12 heteroatoms. The quantitative estimate of drug-likeness (QED) is 0.289. The summed E-state index contributed by atoms with van der Waals surface area (Å²) in [4.78, 5) is 35.1. The van der Waals surface area contributed by atoms with Gasteiger partial charge in [-0.1, -0.05) is 60.9 Å². The van der Waals surface area contributed by atoms with Crippen molar-refractivity contribution in [3.8, 4) is 0 Å². The van der Waals surface area contributed by atoms with Gasteiger partial charge in [-0.05, 0) is 24.0 Å². The number of nitrogens with one attached hydrogen (secondary N) is 2. The molecule has 2 heterocycles. The van der Waals surface area contributed by atoms with Crippen LogP contribution in [0.1, 0.15) is 42.6 Å². The highest BCUT2D eigenvalue weighted by Crippen LogP contribution is 2.29. The van der Waals surface area contributed by atoms with Gasteiger partial charge in [0.15, 0.2) is 0 Å². The molecule has 1 aromatic carbocycles. The van der Waals surface area contributed by atoms with E-state index in [-0.39, 0.29) is 36.0 Å². The number of aromatic nitrogens is 1. The molecule has 3 rings (SSSR count). The SMILES string of the molecule is CC(C)C[C@H](NC(=O)C1(Cc2ccccc2)CC(CNC(=O)c2cc(F)cnc2Cl)=NO1)B(O)O. The first kappa shape index (κ1) is 26.6. The first-order valence-electron chi connectivity index (χ1n) is 11.1. The van der Waals surface area contributed by atoms with Crippen molar-refractivity contribution in [1.29, 1.82) is 0 Å². The molecule has 186 valence electrons. The van der Waals surface area contributed by atoms with E-state index in [9.17, 15) is 24.0 Å². The number of hydrogen-bond donors (Lipinski definition) is 4. The van der Waals surface area contributed by atoms with E-state index in [2.05, 4.69) is 20.8 Å². The highest BCUT2D eigenvalue weighted by molar-refractivity contribution is 6.43. The number of benzene rings is 1. The van der Waals surface area contributed by atoms with Crippen LogP contribution in [0, 0.1) is 11.7 Å². The zero-order chi connectivity index (χ0) is 25.6. The van der Waals surface area contributed by atoms with Crippen LogP contribution < -0.4 is 10.6 Å². The Balaban J connectivity index is 1.74. The third-order valence-corrected chi connectivity index (χ3v) is 5.79. The monoisotopic (exact) mass is 504 g/mol. The summed E-state index contributed by atoms with van der Waals surface area (Å²) in [5.74, 6) is -2.72. The van der Waals surface area contributed by atoms with E-state index < -0.39 is 36.3 Å². The fourth-order valence-corrected chi connectivity index (χ4v) is 3.97. The number of nitrogens with zero attached hydrogens (tertiary/aromatic N) is 2. The lowest BCUT2D eigenvalue weighted by molar-refractivity contribution is -0.144. The summed E-state index contributed by atoms with van der Waals surface area (Å²) in [5, 5.41) is 28.6. The van der Waals surface area contributed by atoms with Gasteiger partial charge in [0, 0.05) is 12.8 Å². The van der Waals surface area contributed by atoms with E-state index in [1.165, 1.54) is 0 Å². The van der Waals surface area contributed by atoms with Crippen molar-refractivity contribution in [1.82, 2.24) is 15.6 Å². The largest absolute Gasteiger partial charge is 0.475 e. The zero-order valence-electron chi connectivity index (χ0n) is 19.4. The maximum absolute atomic E-state index is 13.5. The molecule has 2 aromatic rings. The highest BCUT2D eigenvalue weighted by Gasteiger charge is 2.48. The van der Waals surface area contributed by atoms with Gasteiger partial charge in [0.1, 0.15) is 11.0 Å². The lowest BCUT2D eigenvalue weighted by Gasteiger charge is -2.29. The van der Waals surface area contributed by atoms with Crippen molar-refractivity contribution in [2.45, 2.75) is 44.7 Å². The summed E-state index contributed by atoms with van der Waals surface area (Å²) in [6.07, 6.45) is 1.45. The molecule has 0 saturated carbocycles. The van der Waals surface area contributed by atoms with Crippen LogP contribution in [-0.2, 0) is 16.1 Å². The summed E-state index contributed by atoms with van der Waals surface area (Å²) in [6, 6.07) is 10.1. The van der Waals surface area contributed by atoms with Crippen molar-refractivity contribution < 1.29 is 28.9 Å². The molecule has 4 N–H and O–H groups in total. The first-order chi connectivity index (χ1) is 16.6. The van der Waals surface area contributed by atoms with Crippen LogP contribution in [0.5, 0.6) is 0 Å². The Bertz CT molecular complexity index is 1090. The second-order valence-electron chi connectivity index (χ2n) is 8.88. The molecule has 0 aliphatic carbocycles. The zero-order valence-corrected chi connectivity index (χ0v) is 20.1. The maximum Gasteiger partial charge on any atom is 0.475 e. The molecule has 1 aromatic heterocycles. The second-order valence-corrected chi connectivity index (χ2v) is 9.24. The number of pyridine rings is 1. The number of carbonyl (C=O) groups is 2. The summed E-state index contributed by atoms with van der Waals surface area (Å²) in [5.41, 5.74) is -0.405. The van der Waals surface area contributed by atoms with Gasteiger partial charge in [-0.15, -0.1) is 0 Å². The van der Waals surface area contributed by atoms with Crippen LogP contribution in [0.25, 0.3) is 0 Å². The molecule has 2 atom stereocenters. The van der Waals surface area contributed by atoms with Crippen molar-refractivity contribution in [3.05, 3.63) is 64.7 Å². The molecular weight excluding hydrogens is 478 g/mol. The molecule has 0 radical (unpaired) electrons. The lowest BCUT2D eigenvalue weighted by atomic mass is 9.74. The first-order valence-corrected chi connectivity index (χ1v) is 11.5. The third-order valence-electron chi connectivity index (χ3n) is 5.49. The number of rotatable bonds is 10. The van der Waals surface area contributed by atoms with Gasteiger partial charge in [-0.2, -0.15) is 0 Å². The van der Waals surface area contributed by atoms with Crippen LogP contribution in [0.2, 0.25) is 5.15 Å². The van der Waals surface area contributed by atoms with Crippen LogP contribution in [0.15, 0.2) is 47.8 Å². The van der Waals surface area contributed by atoms with E-state index >= 15 is 0 Å². The third kappa shape index (κ3) is 7.00. The molecule has 9 nitrogen and oxygen atoms in total. The average Bonchev–Trinajstić information content (AvgIpc) is 3.23. The highest BCUT2D eigenvalue weighted by atomic mass is 35.5. The van der Waals surface area contributed by atoms with Crippen molar-refractivity contribution in [2.24, 2.45) is 11.1 Å². The second kappa shape index (κ2) is 11.6. The molecule has 1 aliphatic rings. The van der Waals surface area contributed by atoms with Crippen molar-refractivity contribution >= 4 is 36.2 Å². The van der Waals surface area contributed by atoms with E-state index in [4.69, 9.17) is 16.4 Å². The molecule has 1 unspecified atom stereocenters. The standard InChI is InChI=1S/C23H27BClFN4O5/c1-14(2)8-19(24(33)34)29-22(32)23(10-15-6-4-3-5-7-15)11-17(30-35-23)13-28-21(31)18-9-16(26)12-27-20(18)25/h3-7,9,12,14,19,33-34H,8,10-11,13H2,1-2H3,(H,28,31)(H,29,32)/t19-,23?/m0/s1. The minimum absolute atomic E-state index is 0.0407. The molecule has 35 heavy (non-hydrogen) atoms. The molecule has 1 aliphatic heterocycles. The molecule has 2 amide bonds. The summed E-state index contributed by atoms with van der Waals surface area (Å²) >= 11 is 5.89. The Kier molecular flexibility index (Phi) is 8.82. The van der Waals surface area contributed by atoms with E-state index in [0.717, 1.165) is 17.8 Å². The Morgan fingerprint density at radius 2 is 2.00 bits per heavy atom. The van der Waals surface area contributed by atoms with Crippen molar-refractivity contribution in [2.75, 3.05) is 6.54 Å². The van der Waals surface area contributed by atoms with E-state index in [1.807, 2.05) is 44.2 Å². The smallest absolute Gasteiger partial charge is 0.426 e. The Hall–Kier alpha value is -3.02. The lowest BCUT2D eigenvalue weighted by Crippen LogP contribution is -2.56. The van der Waals surface area contributed by atoms with Gasteiger partial charge in [0.2, 0.25) is 5.60 Å². The van der Waals surface area contributed by atoms with Crippen LogP contribution in [0.3, 0.4) is 0 Å². The summed E-state index contributed by atoms with van der Waals surface area (Å²) < 4.78 is 13.5. The van der Waals surface area contributed by atoms with Crippen LogP contribution in [-0.4, -0.2) is 57.8 Å². The maximum atomic E-state index is 13.5. The minimum atomic E-state index is -1.75. The topological polar surface area (TPSA) is 133 Å². The fraction of sp³-hybridized carbons (Fsp3) is 0.391. The number of carbonyl (C=O) groups excluding carboxylic acids is 2. The number of hydrogen-bond acceptors (Lipinski definition) is 7. The van der Waals surface area contributed by atoms with Gasteiger partial charge in [0.05, 0.1) is 30.0 Å². The van der Waals surface area contributed by atoms with Crippen LogP contribution in [0.4, 0.5) is 4.39 Å². The molecule has 0 saturated heterocycles. The summed E-state index contributed by atoms with van der Waals surface area (Å²) in [6.45, 7) is 3.72. The average molecular weight is 505 g/mol. The number of amides is 2. The van der Waals surface area contributed by atoms with Gasteiger partial charge in [-0.3, -0.25) is 9.59 Å². The van der Waals surface area contributed by atoms with Gasteiger partial charge < -0.3 is 25.5 Å². The molecular formula is C23H27BClFN4O5. The number of oxime groups is 1. The Morgan fingerprint density at radius 1 is 1.29 bits per heavy atom. The summed E-state index contributed by atoms with van der Waals surface area (Å²) in [7, 11) is -1.75. The van der Waals surface area contributed by atoms with E-state index in [0.29, 0.717) is 12.1 Å². The predicted molar refractivity (Wildman–Crippen MR) is 129 cm³/mol.